The van der Waals surface area contributed by atoms with Crippen LogP contribution in [0.25, 0.3) is 0 Å². The third kappa shape index (κ3) is 6.47. The maximum Gasteiger partial charge on any atom is 0.190 e. The number of terminal acetylenes is 1. The first-order valence-electron chi connectivity index (χ1n) is 6.56. The minimum atomic E-state index is 0.00370. The molecule has 0 fully saturated rings. The molecule has 0 bridgehead atoms. The molecule has 2 rings (SSSR count). The Kier molecular flexibility index (Phi) is 7.86. The number of carbonyl (C=O) groups excluding carboxylic acids is 2. The number of benzene rings is 2. The van der Waals surface area contributed by atoms with E-state index >= 15 is 0 Å². The number of carbonyl (C=O) groups is 2. The van der Waals surface area contributed by atoms with Crippen LogP contribution in [0.4, 0.5) is 0 Å². The molecule has 0 spiro atoms. The number of rotatable bonds is 2. The lowest BCUT2D eigenvalue weighted by Crippen LogP contribution is -1.87. The van der Waals surface area contributed by atoms with E-state index in [-0.39, 0.29) is 16.4 Å². The summed E-state index contributed by atoms with van der Waals surface area (Å²) in [6.45, 7) is 3.27. The molecule has 0 unspecified atom stereocenters. The monoisotopic (exact) mass is 438 g/mol. The summed E-state index contributed by atoms with van der Waals surface area (Å²) in [4.78, 5) is 22.1. The third-order valence-electron chi connectivity index (χ3n) is 2.70. The van der Waals surface area contributed by atoms with Gasteiger partial charge in [-0.15, -0.1) is 6.42 Å². The minimum Gasteiger partial charge on any atom is -0.507 e. The smallest absolute Gasteiger partial charge is 0.190 e. The largest absolute Gasteiger partial charge is 0.507 e. The topological polar surface area (TPSA) is 54.4 Å². The van der Waals surface area contributed by atoms with Crippen molar-refractivity contribution in [2.75, 3.05) is 0 Å². The zero-order valence-electron chi connectivity index (χ0n) is 12.7. The van der Waals surface area contributed by atoms with Crippen molar-refractivity contribution in [2.24, 2.45) is 0 Å². The molecule has 0 atom stereocenters. The normalized spacial score (nSPS) is 9.30. The SMILES string of the molecule is C#Cc1cc(C)c(O)c(C=O)c1.CC(=O)Sc1ccc(I)cc1. The molecule has 0 aliphatic heterocycles. The molecule has 0 aliphatic carbocycles. The molecule has 23 heavy (non-hydrogen) atoms. The van der Waals surface area contributed by atoms with Gasteiger partial charge in [-0.2, -0.15) is 0 Å². The summed E-state index contributed by atoms with van der Waals surface area (Å²) >= 11 is 3.50. The van der Waals surface area contributed by atoms with Crippen molar-refractivity contribution in [2.45, 2.75) is 18.7 Å². The number of hydrogen-bond donors (Lipinski definition) is 1. The predicted molar refractivity (Wildman–Crippen MR) is 102 cm³/mol. The molecule has 0 aromatic heterocycles. The van der Waals surface area contributed by atoms with Gasteiger partial charge in [-0.1, -0.05) is 17.7 Å². The van der Waals surface area contributed by atoms with Gasteiger partial charge in [-0.3, -0.25) is 9.59 Å². The Morgan fingerprint density at radius 3 is 2.39 bits per heavy atom. The predicted octanol–water partition coefficient (Wildman–Crippen LogP) is 4.42. The molecular weight excluding hydrogens is 423 g/mol. The van der Waals surface area contributed by atoms with E-state index < -0.39 is 0 Å². The lowest BCUT2D eigenvalue weighted by molar-refractivity contribution is -0.109. The van der Waals surface area contributed by atoms with Crippen molar-refractivity contribution in [3.05, 3.63) is 56.7 Å². The highest BCUT2D eigenvalue weighted by molar-refractivity contribution is 14.1. The third-order valence-corrected chi connectivity index (χ3v) is 4.21. The zero-order valence-corrected chi connectivity index (χ0v) is 15.6. The van der Waals surface area contributed by atoms with Gasteiger partial charge in [-0.05, 0) is 71.5 Å². The number of aromatic hydroxyl groups is 1. The van der Waals surface area contributed by atoms with Crippen LogP contribution in [0.5, 0.6) is 5.75 Å². The second-order valence-corrected chi connectivity index (χ2v) is 7.04. The van der Waals surface area contributed by atoms with Crippen molar-refractivity contribution in [3.63, 3.8) is 0 Å². The van der Waals surface area contributed by atoms with Crippen LogP contribution in [-0.2, 0) is 4.79 Å². The van der Waals surface area contributed by atoms with Gasteiger partial charge < -0.3 is 5.11 Å². The summed E-state index contributed by atoms with van der Waals surface area (Å²) in [5, 5.41) is 9.45. The molecule has 0 amide bonds. The summed E-state index contributed by atoms with van der Waals surface area (Å²) < 4.78 is 1.19. The maximum absolute atomic E-state index is 10.7. The molecule has 0 aliphatic rings. The van der Waals surface area contributed by atoms with Crippen LogP contribution in [0.15, 0.2) is 41.3 Å². The molecule has 2 aromatic rings. The Labute approximate surface area is 153 Å². The summed E-state index contributed by atoms with van der Waals surface area (Å²) in [5.74, 6) is 2.40. The van der Waals surface area contributed by atoms with Crippen molar-refractivity contribution in [1.29, 1.82) is 0 Å². The Morgan fingerprint density at radius 2 is 1.91 bits per heavy atom. The fraction of sp³-hybridized carbons (Fsp3) is 0.111. The molecule has 2 aromatic carbocycles. The molecule has 1 N–H and O–H groups in total. The van der Waals surface area contributed by atoms with E-state index in [2.05, 4.69) is 28.5 Å². The van der Waals surface area contributed by atoms with Gasteiger partial charge >= 0.3 is 0 Å². The highest BCUT2D eigenvalue weighted by atomic mass is 127. The van der Waals surface area contributed by atoms with Crippen molar-refractivity contribution >= 4 is 45.8 Å². The highest BCUT2D eigenvalue weighted by Crippen LogP contribution is 2.21. The van der Waals surface area contributed by atoms with Crippen LogP contribution in [0.1, 0.15) is 28.4 Å². The minimum absolute atomic E-state index is 0.00370. The van der Waals surface area contributed by atoms with Crippen molar-refractivity contribution < 1.29 is 14.7 Å². The second-order valence-electron chi connectivity index (χ2n) is 4.54. The standard InChI is InChI=1S/C10H8O2.C8H7IOS/c1-3-8-4-7(2)10(12)9(5-8)6-11;1-6(10)11-8-4-2-7(9)3-5-8/h1,4-6,12H,2H3;2-5H,1H3. The van der Waals surface area contributed by atoms with E-state index in [1.165, 1.54) is 21.4 Å². The average Bonchev–Trinajstić information content (AvgIpc) is 2.52. The average molecular weight is 438 g/mol. The molecular formula is C18H15IO3S. The summed E-state index contributed by atoms with van der Waals surface area (Å²) in [6.07, 6.45) is 5.73. The number of phenols is 1. The molecule has 0 saturated heterocycles. The van der Waals surface area contributed by atoms with Gasteiger partial charge in [0, 0.05) is 21.0 Å². The van der Waals surface area contributed by atoms with Crippen LogP contribution in [0.3, 0.4) is 0 Å². The van der Waals surface area contributed by atoms with E-state index in [1.807, 2.05) is 24.3 Å². The number of thioether (sulfide) groups is 1. The molecule has 0 heterocycles. The fourth-order valence-corrected chi connectivity index (χ4v) is 2.61. The lowest BCUT2D eigenvalue weighted by Gasteiger charge is -2.01. The fourth-order valence-electron chi connectivity index (χ4n) is 1.65. The van der Waals surface area contributed by atoms with E-state index in [1.54, 1.807) is 19.9 Å². The van der Waals surface area contributed by atoms with Gasteiger partial charge in [0.25, 0.3) is 0 Å². The van der Waals surface area contributed by atoms with Crippen LogP contribution in [-0.4, -0.2) is 16.5 Å². The molecule has 3 nitrogen and oxygen atoms in total. The summed E-state index contributed by atoms with van der Waals surface area (Å²) in [7, 11) is 0. The molecule has 0 saturated carbocycles. The van der Waals surface area contributed by atoms with Crippen LogP contribution in [0.2, 0.25) is 0 Å². The first-order valence-corrected chi connectivity index (χ1v) is 8.46. The van der Waals surface area contributed by atoms with Gasteiger partial charge in [0.2, 0.25) is 0 Å². The first-order chi connectivity index (χ1) is 10.9. The van der Waals surface area contributed by atoms with Crippen LogP contribution in [0, 0.1) is 22.8 Å². The Bertz CT molecular complexity index is 746. The number of hydrogen-bond acceptors (Lipinski definition) is 4. The quantitative estimate of drug-likeness (QED) is 0.327. The molecule has 5 heteroatoms. The molecule has 0 radical (unpaired) electrons. The van der Waals surface area contributed by atoms with Gasteiger partial charge in [0.15, 0.2) is 11.4 Å². The Balaban J connectivity index is 0.000000231. The van der Waals surface area contributed by atoms with Crippen molar-refractivity contribution in [1.82, 2.24) is 0 Å². The van der Waals surface area contributed by atoms with Gasteiger partial charge in [0.1, 0.15) is 5.75 Å². The van der Waals surface area contributed by atoms with Gasteiger partial charge in [-0.25, -0.2) is 0 Å². The summed E-state index contributed by atoms with van der Waals surface area (Å²) in [6, 6.07) is 11.0. The Hall–Kier alpha value is -1.78. The Morgan fingerprint density at radius 1 is 1.30 bits per heavy atom. The van der Waals surface area contributed by atoms with Crippen LogP contribution >= 0.6 is 34.4 Å². The van der Waals surface area contributed by atoms with E-state index in [4.69, 9.17) is 6.42 Å². The highest BCUT2D eigenvalue weighted by Gasteiger charge is 2.04. The zero-order chi connectivity index (χ0) is 17.4. The number of phenolic OH excluding ortho intramolecular Hbond substituents is 1. The van der Waals surface area contributed by atoms with E-state index in [9.17, 15) is 14.7 Å². The lowest BCUT2D eigenvalue weighted by atomic mass is 10.1. The number of aryl methyl sites for hydroxylation is 1. The van der Waals surface area contributed by atoms with E-state index in [0.29, 0.717) is 17.4 Å². The molecule has 118 valence electrons. The van der Waals surface area contributed by atoms with E-state index in [0.717, 1.165) is 4.90 Å². The van der Waals surface area contributed by atoms with Crippen molar-refractivity contribution in [3.8, 4) is 18.1 Å². The maximum atomic E-state index is 10.7. The number of aldehydes is 1. The second kappa shape index (κ2) is 9.38. The van der Waals surface area contributed by atoms with Crippen LogP contribution < -0.4 is 0 Å². The van der Waals surface area contributed by atoms with Gasteiger partial charge in [0.05, 0.1) is 5.56 Å². The number of halogens is 1. The summed E-state index contributed by atoms with van der Waals surface area (Å²) in [5.41, 5.74) is 1.46. The first kappa shape index (κ1) is 19.3.